The molecule has 4 heteroatoms. The molecule has 0 unspecified atom stereocenters. The lowest BCUT2D eigenvalue weighted by molar-refractivity contribution is 0.281. The fourth-order valence-electron chi connectivity index (χ4n) is 1.43. The van der Waals surface area contributed by atoms with Gasteiger partial charge >= 0.3 is 0 Å². The van der Waals surface area contributed by atoms with E-state index in [9.17, 15) is 5.11 Å². The Morgan fingerprint density at radius 3 is 2.80 bits per heavy atom. The first-order valence-electron chi connectivity index (χ1n) is 4.62. The molecule has 15 heavy (non-hydrogen) atoms. The van der Waals surface area contributed by atoms with E-state index in [1.807, 2.05) is 19.2 Å². The first-order chi connectivity index (χ1) is 7.20. The second kappa shape index (κ2) is 4.04. The van der Waals surface area contributed by atoms with Gasteiger partial charge in [-0.2, -0.15) is 5.10 Å². The number of benzene rings is 1. The molecule has 0 aliphatic carbocycles. The minimum atomic E-state index is -0.0224. The van der Waals surface area contributed by atoms with Crippen LogP contribution in [0.1, 0.15) is 11.3 Å². The number of rotatable bonds is 2. The van der Waals surface area contributed by atoms with Crippen LogP contribution in [0.3, 0.4) is 0 Å². The highest BCUT2D eigenvalue weighted by atomic mass is 35.5. The summed E-state index contributed by atoms with van der Waals surface area (Å²) >= 11 is 5.91. The smallest absolute Gasteiger partial charge is 0.0715 e. The summed E-state index contributed by atoms with van der Waals surface area (Å²) in [6.07, 6.45) is 1.85. The zero-order chi connectivity index (χ0) is 10.8. The maximum atomic E-state index is 9.19. The predicted octanol–water partition coefficient (Wildman–Crippen LogP) is 2.33. The highest BCUT2D eigenvalue weighted by Gasteiger charge is 2.05. The van der Waals surface area contributed by atoms with Gasteiger partial charge in [0.05, 0.1) is 18.0 Å². The quantitative estimate of drug-likeness (QED) is 0.847. The molecular weight excluding hydrogens is 212 g/mol. The molecule has 1 N–H and O–H groups in total. The van der Waals surface area contributed by atoms with Gasteiger partial charge in [-0.1, -0.05) is 17.7 Å². The van der Waals surface area contributed by atoms with Crippen molar-refractivity contribution in [1.29, 1.82) is 0 Å². The summed E-state index contributed by atoms with van der Waals surface area (Å²) in [5.41, 5.74) is 2.56. The highest BCUT2D eigenvalue weighted by molar-refractivity contribution is 6.30. The molecule has 78 valence electrons. The average molecular weight is 223 g/mol. The summed E-state index contributed by atoms with van der Waals surface area (Å²) in [6, 6.07) is 7.25. The standard InChI is InChI=1S/C11H11ClN2O/c1-8-4-5-14(13-8)11-6-10(12)3-2-9(11)7-15/h2-6,15H,7H2,1H3. The van der Waals surface area contributed by atoms with Crippen molar-refractivity contribution in [1.82, 2.24) is 9.78 Å². The van der Waals surface area contributed by atoms with Gasteiger partial charge in [-0.3, -0.25) is 0 Å². The topological polar surface area (TPSA) is 38.0 Å². The van der Waals surface area contributed by atoms with E-state index in [1.54, 1.807) is 22.9 Å². The largest absolute Gasteiger partial charge is 0.392 e. The lowest BCUT2D eigenvalue weighted by Gasteiger charge is -2.07. The number of aryl methyl sites for hydroxylation is 1. The molecule has 2 rings (SSSR count). The van der Waals surface area contributed by atoms with Crippen LogP contribution < -0.4 is 0 Å². The van der Waals surface area contributed by atoms with Crippen LogP contribution in [0.15, 0.2) is 30.5 Å². The molecule has 1 aromatic heterocycles. The zero-order valence-electron chi connectivity index (χ0n) is 8.31. The van der Waals surface area contributed by atoms with Gasteiger partial charge in [0.2, 0.25) is 0 Å². The monoisotopic (exact) mass is 222 g/mol. The van der Waals surface area contributed by atoms with Crippen LogP contribution in [0.4, 0.5) is 0 Å². The first kappa shape index (κ1) is 10.2. The van der Waals surface area contributed by atoms with Gasteiger partial charge in [-0.05, 0) is 25.1 Å². The summed E-state index contributed by atoms with van der Waals surface area (Å²) in [5, 5.41) is 14.1. The second-order valence-corrected chi connectivity index (χ2v) is 3.77. The minimum absolute atomic E-state index is 0.0224. The van der Waals surface area contributed by atoms with Crippen molar-refractivity contribution in [2.45, 2.75) is 13.5 Å². The van der Waals surface area contributed by atoms with Crippen LogP contribution in [-0.2, 0) is 6.61 Å². The van der Waals surface area contributed by atoms with E-state index >= 15 is 0 Å². The Kier molecular flexibility index (Phi) is 2.75. The second-order valence-electron chi connectivity index (χ2n) is 3.33. The fourth-order valence-corrected chi connectivity index (χ4v) is 1.60. The third-order valence-electron chi connectivity index (χ3n) is 2.19. The van der Waals surface area contributed by atoms with Crippen LogP contribution >= 0.6 is 11.6 Å². The van der Waals surface area contributed by atoms with Gasteiger partial charge in [0, 0.05) is 16.8 Å². The van der Waals surface area contributed by atoms with Crippen molar-refractivity contribution in [3.63, 3.8) is 0 Å². The van der Waals surface area contributed by atoms with Gasteiger partial charge < -0.3 is 5.11 Å². The summed E-state index contributed by atoms with van der Waals surface area (Å²) in [6.45, 7) is 1.89. The Morgan fingerprint density at radius 2 is 2.20 bits per heavy atom. The maximum Gasteiger partial charge on any atom is 0.0715 e. The maximum absolute atomic E-state index is 9.19. The lowest BCUT2D eigenvalue weighted by atomic mass is 10.2. The van der Waals surface area contributed by atoms with E-state index in [4.69, 9.17) is 11.6 Å². The van der Waals surface area contributed by atoms with Crippen molar-refractivity contribution in [3.05, 3.63) is 46.7 Å². The van der Waals surface area contributed by atoms with Gasteiger partial charge in [-0.25, -0.2) is 4.68 Å². The van der Waals surface area contributed by atoms with Gasteiger partial charge in [0.1, 0.15) is 0 Å². The van der Waals surface area contributed by atoms with Gasteiger partial charge in [0.25, 0.3) is 0 Å². The van der Waals surface area contributed by atoms with Crippen molar-refractivity contribution in [2.75, 3.05) is 0 Å². The lowest BCUT2D eigenvalue weighted by Crippen LogP contribution is -2.00. The number of aliphatic hydroxyl groups excluding tert-OH is 1. The molecule has 3 nitrogen and oxygen atoms in total. The van der Waals surface area contributed by atoms with E-state index in [0.29, 0.717) is 5.02 Å². The Bertz CT molecular complexity index is 479. The van der Waals surface area contributed by atoms with Crippen LogP contribution in [0, 0.1) is 6.92 Å². The molecular formula is C11H11ClN2O. The molecule has 0 saturated carbocycles. The molecule has 0 saturated heterocycles. The van der Waals surface area contributed by atoms with E-state index in [-0.39, 0.29) is 6.61 Å². The molecule has 0 spiro atoms. The normalized spacial score (nSPS) is 10.6. The number of aliphatic hydroxyl groups is 1. The van der Waals surface area contributed by atoms with E-state index < -0.39 is 0 Å². The van der Waals surface area contributed by atoms with Crippen LogP contribution in [0.5, 0.6) is 0 Å². The highest BCUT2D eigenvalue weighted by Crippen LogP contribution is 2.19. The molecule has 0 atom stereocenters. The van der Waals surface area contributed by atoms with Crippen LogP contribution in [0.25, 0.3) is 5.69 Å². The molecule has 0 amide bonds. The van der Waals surface area contributed by atoms with E-state index in [1.165, 1.54) is 0 Å². The third kappa shape index (κ3) is 2.03. The third-order valence-corrected chi connectivity index (χ3v) is 2.42. The predicted molar refractivity (Wildman–Crippen MR) is 59.2 cm³/mol. The number of hydrogen-bond acceptors (Lipinski definition) is 2. The Hall–Kier alpha value is -1.32. The van der Waals surface area contributed by atoms with Crippen molar-refractivity contribution >= 4 is 11.6 Å². The molecule has 0 radical (unpaired) electrons. The molecule has 1 aromatic carbocycles. The van der Waals surface area contributed by atoms with Gasteiger partial charge in [-0.15, -0.1) is 0 Å². The zero-order valence-corrected chi connectivity index (χ0v) is 9.07. The number of hydrogen-bond donors (Lipinski definition) is 1. The molecule has 0 bridgehead atoms. The van der Waals surface area contributed by atoms with Crippen molar-refractivity contribution in [3.8, 4) is 5.69 Å². The molecule has 2 aromatic rings. The summed E-state index contributed by atoms with van der Waals surface area (Å²) in [5.74, 6) is 0. The van der Waals surface area contributed by atoms with Crippen LogP contribution in [-0.4, -0.2) is 14.9 Å². The van der Waals surface area contributed by atoms with Crippen LogP contribution in [0.2, 0.25) is 5.02 Å². The number of aromatic nitrogens is 2. The van der Waals surface area contributed by atoms with Crippen molar-refractivity contribution < 1.29 is 5.11 Å². The Balaban J connectivity index is 2.55. The van der Waals surface area contributed by atoms with E-state index in [0.717, 1.165) is 16.9 Å². The average Bonchev–Trinajstić information content (AvgIpc) is 2.65. The molecule has 1 heterocycles. The van der Waals surface area contributed by atoms with E-state index in [2.05, 4.69) is 5.10 Å². The molecule has 0 fully saturated rings. The molecule has 0 aliphatic heterocycles. The summed E-state index contributed by atoms with van der Waals surface area (Å²) < 4.78 is 1.72. The molecule has 0 aliphatic rings. The Morgan fingerprint density at radius 1 is 1.40 bits per heavy atom. The Labute approximate surface area is 92.9 Å². The van der Waals surface area contributed by atoms with Gasteiger partial charge in [0.15, 0.2) is 0 Å². The minimum Gasteiger partial charge on any atom is -0.392 e. The summed E-state index contributed by atoms with van der Waals surface area (Å²) in [4.78, 5) is 0. The first-order valence-corrected chi connectivity index (χ1v) is 5.00. The fraction of sp³-hybridized carbons (Fsp3) is 0.182. The van der Waals surface area contributed by atoms with Crippen molar-refractivity contribution in [2.24, 2.45) is 0 Å². The summed E-state index contributed by atoms with van der Waals surface area (Å²) in [7, 11) is 0. The SMILES string of the molecule is Cc1ccn(-c2cc(Cl)ccc2CO)n1. The number of halogens is 1. The number of nitrogens with zero attached hydrogens (tertiary/aromatic N) is 2.